The number of hydrogen-bond donors (Lipinski definition) is 1. The van der Waals surface area contributed by atoms with Gasteiger partial charge in [0.2, 0.25) is 5.89 Å². The molecular weight excluding hydrogens is 220 g/mol. The Kier molecular flexibility index (Phi) is 3.59. The van der Waals surface area contributed by atoms with Gasteiger partial charge in [-0.2, -0.15) is 0 Å². The van der Waals surface area contributed by atoms with E-state index in [4.69, 9.17) is 4.42 Å². The molecule has 0 aliphatic carbocycles. The van der Waals surface area contributed by atoms with E-state index in [0.717, 1.165) is 23.8 Å². The largest absolute Gasteiger partial charge is 0.445 e. The number of oxazole rings is 1. The minimum Gasteiger partial charge on any atom is -0.445 e. The molecule has 0 spiro atoms. The summed E-state index contributed by atoms with van der Waals surface area (Å²) in [6, 6.07) is 0.568. The zero-order valence-corrected chi connectivity index (χ0v) is 10.8. The maximum atomic E-state index is 5.65. The highest BCUT2D eigenvalue weighted by molar-refractivity contribution is 8.02. The third-order valence-corrected chi connectivity index (χ3v) is 3.60. The molecule has 1 unspecified atom stereocenters. The van der Waals surface area contributed by atoms with Crippen LogP contribution < -0.4 is 5.32 Å². The van der Waals surface area contributed by atoms with Gasteiger partial charge >= 0.3 is 0 Å². The second-order valence-corrected chi connectivity index (χ2v) is 5.58. The van der Waals surface area contributed by atoms with Crippen LogP contribution in [0.4, 0.5) is 0 Å². The van der Waals surface area contributed by atoms with Crippen LogP contribution in [0.1, 0.15) is 44.8 Å². The highest BCUT2D eigenvalue weighted by atomic mass is 32.2. The van der Waals surface area contributed by atoms with Crippen LogP contribution in [0.5, 0.6) is 0 Å². The van der Waals surface area contributed by atoms with Gasteiger partial charge in [-0.1, -0.05) is 13.8 Å². The smallest absolute Gasteiger partial charge is 0.204 e. The van der Waals surface area contributed by atoms with Gasteiger partial charge < -0.3 is 9.73 Å². The molecule has 2 heterocycles. The summed E-state index contributed by atoms with van der Waals surface area (Å²) < 4.78 is 5.65. The van der Waals surface area contributed by atoms with Crippen molar-refractivity contribution in [2.45, 2.75) is 44.9 Å². The monoisotopic (exact) mass is 238 g/mol. The van der Waals surface area contributed by atoms with Crippen LogP contribution in [0, 0.1) is 0 Å². The van der Waals surface area contributed by atoms with Crippen LogP contribution in [0.15, 0.2) is 21.7 Å². The van der Waals surface area contributed by atoms with Crippen LogP contribution in [-0.4, -0.2) is 11.0 Å². The fourth-order valence-electron chi connectivity index (χ4n) is 1.57. The van der Waals surface area contributed by atoms with Crippen LogP contribution in [-0.2, 0) is 5.75 Å². The van der Waals surface area contributed by atoms with E-state index in [1.54, 1.807) is 0 Å². The van der Waals surface area contributed by atoms with Crippen LogP contribution in [0.25, 0.3) is 0 Å². The average molecular weight is 238 g/mol. The van der Waals surface area contributed by atoms with Gasteiger partial charge in [0, 0.05) is 23.1 Å². The molecule has 1 aliphatic rings. The third kappa shape index (κ3) is 2.82. The van der Waals surface area contributed by atoms with Gasteiger partial charge in [-0.25, -0.2) is 4.98 Å². The first-order valence-electron chi connectivity index (χ1n) is 5.67. The van der Waals surface area contributed by atoms with E-state index in [9.17, 15) is 0 Å². The first-order chi connectivity index (χ1) is 7.65. The Morgan fingerprint density at radius 3 is 3.00 bits per heavy atom. The lowest BCUT2D eigenvalue weighted by Gasteiger charge is -2.01. The predicted octanol–water partition coefficient (Wildman–Crippen LogP) is 3.25. The molecule has 1 aromatic rings. The number of rotatable bonds is 4. The van der Waals surface area contributed by atoms with Crippen molar-refractivity contribution >= 4 is 11.8 Å². The lowest BCUT2D eigenvalue weighted by atomic mass is 10.2. The maximum absolute atomic E-state index is 5.65. The quantitative estimate of drug-likeness (QED) is 0.873. The zero-order valence-electron chi connectivity index (χ0n) is 9.99. The van der Waals surface area contributed by atoms with Gasteiger partial charge in [0.25, 0.3) is 0 Å². The number of nitrogens with zero attached hydrogens (tertiary/aromatic N) is 1. The maximum Gasteiger partial charge on any atom is 0.204 e. The number of aromatic nitrogens is 1. The van der Waals surface area contributed by atoms with E-state index < -0.39 is 0 Å². The fraction of sp³-hybridized carbons (Fsp3) is 0.583. The summed E-state index contributed by atoms with van der Waals surface area (Å²) in [6.07, 6.45) is 5.05. The van der Waals surface area contributed by atoms with Crippen LogP contribution >= 0.6 is 11.8 Å². The lowest BCUT2D eigenvalue weighted by Crippen LogP contribution is -2.12. The van der Waals surface area contributed by atoms with Crippen molar-refractivity contribution < 1.29 is 4.42 Å². The Morgan fingerprint density at radius 1 is 1.62 bits per heavy atom. The Hall–Kier alpha value is -0.900. The van der Waals surface area contributed by atoms with Crippen molar-refractivity contribution in [1.29, 1.82) is 0 Å². The average Bonchev–Trinajstić information content (AvgIpc) is 2.83. The molecule has 0 aromatic carbocycles. The normalized spacial score (nSPS) is 20.0. The van der Waals surface area contributed by atoms with Gasteiger partial charge in [0.05, 0.1) is 11.9 Å². The Balaban J connectivity index is 1.85. The molecule has 0 saturated carbocycles. The van der Waals surface area contributed by atoms with Crippen molar-refractivity contribution in [1.82, 2.24) is 10.3 Å². The summed E-state index contributed by atoms with van der Waals surface area (Å²) in [6.45, 7) is 6.41. The topological polar surface area (TPSA) is 38.1 Å². The van der Waals surface area contributed by atoms with Crippen molar-refractivity contribution in [2.24, 2.45) is 0 Å². The molecule has 16 heavy (non-hydrogen) atoms. The highest BCUT2D eigenvalue weighted by Crippen LogP contribution is 2.28. The van der Waals surface area contributed by atoms with E-state index in [0.29, 0.717) is 12.0 Å². The lowest BCUT2D eigenvalue weighted by molar-refractivity contribution is 0.454. The SMILES string of the molecule is CC1CC(SCc2ncc(C(C)C)o2)=CN1. The summed E-state index contributed by atoms with van der Waals surface area (Å²) >= 11 is 1.81. The number of nitrogens with one attached hydrogen (secondary N) is 1. The van der Waals surface area contributed by atoms with Gasteiger partial charge in [0.15, 0.2) is 0 Å². The van der Waals surface area contributed by atoms with Crippen LogP contribution in [0.2, 0.25) is 0 Å². The second-order valence-electron chi connectivity index (χ2n) is 4.48. The molecule has 1 atom stereocenters. The molecule has 4 heteroatoms. The van der Waals surface area contributed by atoms with Crippen molar-refractivity contribution in [3.05, 3.63) is 29.0 Å². The van der Waals surface area contributed by atoms with Gasteiger partial charge in [-0.3, -0.25) is 0 Å². The summed E-state index contributed by atoms with van der Waals surface area (Å²) in [7, 11) is 0. The molecule has 0 fully saturated rings. The van der Waals surface area contributed by atoms with Gasteiger partial charge in [-0.15, -0.1) is 11.8 Å². The molecule has 0 saturated heterocycles. The standard InChI is InChI=1S/C12H18N2OS/c1-8(2)11-6-14-12(15-11)7-16-10-4-9(3)13-5-10/h5-6,8-9,13H,4,7H2,1-3H3. The highest BCUT2D eigenvalue weighted by Gasteiger charge is 2.13. The van der Waals surface area contributed by atoms with Gasteiger partial charge in [0.1, 0.15) is 5.76 Å². The molecule has 1 N–H and O–H groups in total. The zero-order chi connectivity index (χ0) is 11.5. The summed E-state index contributed by atoms with van der Waals surface area (Å²) in [4.78, 5) is 5.67. The molecule has 88 valence electrons. The predicted molar refractivity (Wildman–Crippen MR) is 67.2 cm³/mol. The molecule has 0 amide bonds. The molecule has 0 radical (unpaired) electrons. The Bertz CT molecular complexity index is 384. The van der Waals surface area contributed by atoms with E-state index in [-0.39, 0.29) is 0 Å². The Morgan fingerprint density at radius 2 is 2.44 bits per heavy atom. The van der Waals surface area contributed by atoms with Crippen LogP contribution in [0.3, 0.4) is 0 Å². The molecular formula is C12H18N2OS. The fourth-order valence-corrected chi connectivity index (χ4v) is 2.53. The minimum absolute atomic E-state index is 0.415. The third-order valence-electron chi connectivity index (χ3n) is 2.56. The molecule has 2 rings (SSSR count). The minimum atomic E-state index is 0.415. The Labute approximate surface area is 101 Å². The first kappa shape index (κ1) is 11.6. The molecule has 1 aliphatic heterocycles. The summed E-state index contributed by atoms with van der Waals surface area (Å²) in [5.41, 5.74) is 0. The second kappa shape index (κ2) is 4.95. The van der Waals surface area contributed by atoms with E-state index >= 15 is 0 Å². The van der Waals surface area contributed by atoms with Crippen molar-refractivity contribution in [3.63, 3.8) is 0 Å². The molecule has 1 aromatic heterocycles. The van der Waals surface area contributed by atoms with Gasteiger partial charge in [-0.05, 0) is 13.3 Å². The van der Waals surface area contributed by atoms with Crippen molar-refractivity contribution in [3.8, 4) is 0 Å². The molecule has 0 bridgehead atoms. The van der Waals surface area contributed by atoms with Crippen molar-refractivity contribution in [2.75, 3.05) is 0 Å². The number of thioether (sulfide) groups is 1. The molecule has 3 nitrogen and oxygen atoms in total. The summed E-state index contributed by atoms with van der Waals surface area (Å²) in [5, 5.41) is 3.30. The van der Waals surface area contributed by atoms with E-state index in [1.165, 1.54) is 4.91 Å². The number of hydrogen-bond acceptors (Lipinski definition) is 4. The first-order valence-corrected chi connectivity index (χ1v) is 6.66. The van der Waals surface area contributed by atoms with E-state index in [2.05, 4.69) is 37.3 Å². The van der Waals surface area contributed by atoms with E-state index in [1.807, 2.05) is 18.0 Å². The summed E-state index contributed by atoms with van der Waals surface area (Å²) in [5.74, 6) is 3.04.